The topological polar surface area (TPSA) is 80.2 Å². The molecule has 1 N–H and O–H groups in total. The Morgan fingerprint density at radius 1 is 1.46 bits per heavy atom. The molecule has 26 heavy (non-hydrogen) atoms. The van der Waals surface area contributed by atoms with E-state index in [0.717, 1.165) is 17.9 Å². The normalized spacial score (nSPS) is 21.6. The Labute approximate surface area is 159 Å². The number of aromatic nitrogens is 2. The van der Waals surface area contributed by atoms with Crippen LogP contribution in [0.25, 0.3) is 11.5 Å². The van der Waals surface area contributed by atoms with E-state index in [4.69, 9.17) is 30.8 Å². The first-order valence-corrected chi connectivity index (χ1v) is 9.60. The van der Waals surface area contributed by atoms with Gasteiger partial charge in [-0.25, -0.2) is 0 Å². The van der Waals surface area contributed by atoms with E-state index in [1.165, 1.54) is 12.0 Å². The summed E-state index contributed by atoms with van der Waals surface area (Å²) < 4.78 is 22.9. The smallest absolute Gasteiger partial charge is 0.324 e. The Balaban J connectivity index is 1.50. The number of nitrogens with one attached hydrogen (secondary N) is 1. The molecule has 2 aliphatic heterocycles. The van der Waals surface area contributed by atoms with Gasteiger partial charge in [0.15, 0.2) is 23.4 Å². The second-order valence-corrected chi connectivity index (χ2v) is 7.65. The number of esters is 1. The minimum absolute atomic E-state index is 0.154. The van der Waals surface area contributed by atoms with Crippen LogP contribution in [-0.2, 0) is 16.2 Å². The van der Waals surface area contributed by atoms with E-state index >= 15 is 0 Å². The summed E-state index contributed by atoms with van der Waals surface area (Å²) in [6, 6.07) is 5.50. The lowest BCUT2D eigenvalue weighted by Gasteiger charge is -2.27. The fourth-order valence-electron chi connectivity index (χ4n) is 2.96. The molecule has 2 aliphatic rings. The molecular weight excluding hydrogens is 378 g/mol. The molecule has 0 saturated carbocycles. The zero-order valence-electron chi connectivity index (χ0n) is 14.1. The summed E-state index contributed by atoms with van der Waals surface area (Å²) in [6.45, 7) is 2.35. The van der Waals surface area contributed by atoms with Gasteiger partial charge < -0.3 is 23.5 Å². The average molecular weight is 396 g/mol. The Morgan fingerprint density at radius 3 is 3.15 bits per heavy atom. The van der Waals surface area contributed by atoms with Crippen LogP contribution in [0.15, 0.2) is 22.6 Å². The van der Waals surface area contributed by atoms with Gasteiger partial charge in [0.2, 0.25) is 12.7 Å². The molecule has 8 nitrogen and oxygen atoms in total. The third-order valence-corrected chi connectivity index (χ3v) is 5.81. The lowest BCUT2D eigenvalue weighted by molar-refractivity contribution is -0.921. The highest BCUT2D eigenvalue weighted by atomic mass is 32.2. The lowest BCUT2D eigenvalue weighted by Crippen LogP contribution is -3.14. The number of carbonyl (C=O) groups excluding carboxylic acids is 1. The first-order chi connectivity index (χ1) is 12.6. The predicted octanol–water partition coefficient (Wildman–Crippen LogP) is 0.732. The van der Waals surface area contributed by atoms with Crippen molar-refractivity contribution in [3.8, 4) is 23.0 Å². The minimum Gasteiger partial charge on any atom is -0.468 e. The number of carbonyl (C=O) groups is 1. The van der Waals surface area contributed by atoms with E-state index in [9.17, 15) is 4.79 Å². The second-order valence-electron chi connectivity index (χ2n) is 5.99. The van der Waals surface area contributed by atoms with E-state index in [2.05, 4.69) is 5.10 Å². The second kappa shape index (κ2) is 7.29. The van der Waals surface area contributed by atoms with Gasteiger partial charge >= 0.3 is 5.97 Å². The molecule has 0 bridgehead atoms. The lowest BCUT2D eigenvalue weighted by atomic mass is 10.2. The van der Waals surface area contributed by atoms with Crippen molar-refractivity contribution in [1.82, 2.24) is 9.78 Å². The van der Waals surface area contributed by atoms with Crippen LogP contribution in [0.1, 0.15) is 0 Å². The van der Waals surface area contributed by atoms with Gasteiger partial charge in [-0.15, -0.1) is 16.9 Å². The number of thioether (sulfide) groups is 1. The maximum atomic E-state index is 11.8. The standard InChI is InChI=1S/C16H17N3O5S2/c1-21-15(20)13-7-18(4-5-26-13)8-19-16(25)24-14(17-19)10-2-3-11-12(6-10)23-9-22-11/h2-3,6,13H,4-5,7-9H2,1H3/p+1/t13-/m1/s1. The quantitative estimate of drug-likeness (QED) is 0.599. The van der Waals surface area contributed by atoms with Gasteiger partial charge in [-0.1, -0.05) is 0 Å². The van der Waals surface area contributed by atoms with E-state index < -0.39 is 0 Å². The zero-order chi connectivity index (χ0) is 18.1. The fourth-order valence-corrected chi connectivity index (χ4v) is 4.42. The van der Waals surface area contributed by atoms with Crippen molar-refractivity contribution < 1.29 is 28.3 Å². The first-order valence-electron chi connectivity index (χ1n) is 8.15. The Morgan fingerprint density at radius 2 is 2.31 bits per heavy atom. The molecular formula is C16H18N3O5S2+. The number of hydrogen-bond acceptors (Lipinski definition) is 8. The average Bonchev–Trinajstić information content (AvgIpc) is 3.27. The van der Waals surface area contributed by atoms with Gasteiger partial charge in [0.25, 0.3) is 4.84 Å². The van der Waals surface area contributed by atoms with Gasteiger partial charge in [-0.2, -0.15) is 4.68 Å². The number of ether oxygens (including phenoxy) is 3. The molecule has 1 fully saturated rings. The van der Waals surface area contributed by atoms with Crippen LogP contribution in [0.4, 0.5) is 0 Å². The summed E-state index contributed by atoms with van der Waals surface area (Å²) >= 11 is 6.94. The molecule has 0 radical (unpaired) electrons. The highest BCUT2D eigenvalue weighted by Gasteiger charge is 2.30. The number of fused-ring (bicyclic) bond motifs is 1. The van der Waals surface area contributed by atoms with Crippen molar-refractivity contribution in [2.75, 3.05) is 32.7 Å². The van der Waals surface area contributed by atoms with Gasteiger partial charge in [0.05, 0.1) is 13.7 Å². The molecule has 4 rings (SSSR count). The van der Waals surface area contributed by atoms with Crippen LogP contribution in [0.2, 0.25) is 0 Å². The highest BCUT2D eigenvalue weighted by Crippen LogP contribution is 2.35. The number of benzene rings is 1. The third kappa shape index (κ3) is 3.44. The summed E-state index contributed by atoms with van der Waals surface area (Å²) in [4.78, 5) is 13.3. The van der Waals surface area contributed by atoms with E-state index in [1.54, 1.807) is 16.4 Å². The largest absolute Gasteiger partial charge is 0.468 e. The van der Waals surface area contributed by atoms with E-state index in [0.29, 0.717) is 35.4 Å². The number of nitrogens with zero attached hydrogens (tertiary/aromatic N) is 2. The first kappa shape index (κ1) is 17.4. The molecule has 2 atom stereocenters. The molecule has 1 unspecified atom stereocenters. The molecule has 0 spiro atoms. The van der Waals surface area contributed by atoms with Crippen molar-refractivity contribution in [1.29, 1.82) is 0 Å². The SMILES string of the molecule is COC(=O)[C@H]1C[NH+](Cn2nc(-c3ccc4c(c3)OCO4)oc2=S)CCS1. The summed E-state index contributed by atoms with van der Waals surface area (Å²) in [5.41, 5.74) is 0.774. The monoisotopic (exact) mass is 396 g/mol. The third-order valence-electron chi connectivity index (χ3n) is 4.31. The molecule has 1 saturated heterocycles. The van der Waals surface area contributed by atoms with Crippen LogP contribution in [0.3, 0.4) is 0 Å². The maximum Gasteiger partial charge on any atom is 0.324 e. The van der Waals surface area contributed by atoms with Crippen LogP contribution in [-0.4, -0.2) is 53.7 Å². The Kier molecular flexibility index (Phi) is 4.88. The summed E-state index contributed by atoms with van der Waals surface area (Å²) in [5, 5.41) is 4.34. The molecule has 10 heteroatoms. The summed E-state index contributed by atoms with van der Waals surface area (Å²) in [7, 11) is 1.42. The van der Waals surface area contributed by atoms with Crippen molar-refractivity contribution in [3.63, 3.8) is 0 Å². The van der Waals surface area contributed by atoms with E-state index in [-0.39, 0.29) is 18.0 Å². The van der Waals surface area contributed by atoms with Gasteiger partial charge in [0.1, 0.15) is 6.54 Å². The molecule has 0 amide bonds. The molecule has 3 heterocycles. The molecule has 138 valence electrons. The molecule has 0 aliphatic carbocycles. The van der Waals surface area contributed by atoms with Crippen molar-refractivity contribution in [2.45, 2.75) is 11.9 Å². The summed E-state index contributed by atoms with van der Waals surface area (Å²) in [5.74, 6) is 2.50. The zero-order valence-corrected chi connectivity index (χ0v) is 15.7. The number of quaternary nitrogens is 1. The predicted molar refractivity (Wildman–Crippen MR) is 95.8 cm³/mol. The van der Waals surface area contributed by atoms with Crippen LogP contribution < -0.4 is 14.4 Å². The fraction of sp³-hybridized carbons (Fsp3) is 0.438. The summed E-state index contributed by atoms with van der Waals surface area (Å²) in [6.07, 6.45) is 0. The van der Waals surface area contributed by atoms with Crippen molar-refractivity contribution >= 4 is 29.9 Å². The Bertz CT molecular complexity index is 881. The van der Waals surface area contributed by atoms with Crippen LogP contribution >= 0.6 is 24.0 Å². The highest BCUT2D eigenvalue weighted by molar-refractivity contribution is 8.00. The number of hydrogen-bond donors (Lipinski definition) is 1. The van der Waals surface area contributed by atoms with Crippen molar-refractivity contribution in [3.05, 3.63) is 23.0 Å². The number of rotatable bonds is 4. The van der Waals surface area contributed by atoms with Crippen molar-refractivity contribution in [2.24, 2.45) is 0 Å². The van der Waals surface area contributed by atoms with Gasteiger partial charge in [-0.05, 0) is 30.4 Å². The van der Waals surface area contributed by atoms with Gasteiger partial charge in [0, 0.05) is 11.3 Å². The minimum atomic E-state index is -0.183. The van der Waals surface area contributed by atoms with Gasteiger partial charge in [-0.3, -0.25) is 4.79 Å². The van der Waals surface area contributed by atoms with Crippen LogP contribution in [0, 0.1) is 4.84 Å². The van der Waals surface area contributed by atoms with E-state index in [1.807, 2.05) is 18.2 Å². The molecule has 1 aromatic carbocycles. The van der Waals surface area contributed by atoms with Crippen LogP contribution in [0.5, 0.6) is 11.5 Å². The molecule has 1 aromatic heterocycles. The Hall–Kier alpha value is -2.04. The molecule has 2 aromatic rings. The maximum absolute atomic E-state index is 11.8. The number of methoxy groups -OCH3 is 1.